The zero-order valence-corrected chi connectivity index (χ0v) is 25.1. The molecular formula is C33H32N2O7S. The first kappa shape index (κ1) is 29.7. The molecule has 43 heavy (non-hydrogen) atoms. The van der Waals surface area contributed by atoms with Crippen molar-refractivity contribution in [3.63, 3.8) is 0 Å². The number of nitrogens with zero attached hydrogens (tertiary/aromatic N) is 2. The number of hydrogen-bond acceptors (Lipinski definition) is 9. The Hall–Kier alpha value is -4.83. The van der Waals surface area contributed by atoms with E-state index in [-0.39, 0.29) is 29.2 Å². The Balaban J connectivity index is 1.86. The highest BCUT2D eigenvalue weighted by Crippen LogP contribution is 2.42. The van der Waals surface area contributed by atoms with E-state index < -0.39 is 12.0 Å². The molecule has 9 nitrogen and oxygen atoms in total. The Morgan fingerprint density at radius 3 is 2.49 bits per heavy atom. The molecule has 1 aliphatic rings. The number of rotatable bonds is 10. The molecule has 1 aromatic heterocycles. The Morgan fingerprint density at radius 1 is 1.02 bits per heavy atom. The molecule has 0 fully saturated rings. The molecule has 1 N–H and O–H groups in total. The van der Waals surface area contributed by atoms with Gasteiger partial charge in [0.25, 0.3) is 5.56 Å². The number of carbonyl (C=O) groups excluding carboxylic acids is 1. The average molecular weight is 601 g/mol. The molecule has 222 valence electrons. The number of para-hydroxylation sites is 1. The predicted molar refractivity (Wildman–Crippen MR) is 164 cm³/mol. The fraction of sp³-hybridized carbons (Fsp3) is 0.242. The van der Waals surface area contributed by atoms with Crippen molar-refractivity contribution >= 4 is 29.1 Å². The highest BCUT2D eigenvalue weighted by molar-refractivity contribution is 7.07. The number of phenols is 1. The number of fused-ring (bicyclic) bond motifs is 1. The van der Waals surface area contributed by atoms with Crippen LogP contribution in [0.1, 0.15) is 43.0 Å². The van der Waals surface area contributed by atoms with Gasteiger partial charge in [-0.25, -0.2) is 9.79 Å². The molecule has 1 aliphatic heterocycles. The van der Waals surface area contributed by atoms with E-state index in [1.165, 1.54) is 29.1 Å². The van der Waals surface area contributed by atoms with Gasteiger partial charge in [-0.2, -0.15) is 0 Å². The van der Waals surface area contributed by atoms with Gasteiger partial charge in [0.1, 0.15) is 6.04 Å². The Kier molecular flexibility index (Phi) is 8.96. The number of carbonyl (C=O) groups is 1. The Bertz CT molecular complexity index is 1860. The van der Waals surface area contributed by atoms with Crippen molar-refractivity contribution in [2.75, 3.05) is 27.4 Å². The molecule has 4 aromatic rings. The fourth-order valence-corrected chi connectivity index (χ4v) is 5.94. The minimum absolute atomic E-state index is 0.00896. The minimum atomic E-state index is -0.927. The molecule has 0 amide bonds. The number of hydrogen-bond donors (Lipinski definition) is 1. The minimum Gasteiger partial charge on any atom is -0.504 e. The summed E-state index contributed by atoms with van der Waals surface area (Å²) in [7, 11) is 3.01. The lowest BCUT2D eigenvalue weighted by Crippen LogP contribution is -2.40. The van der Waals surface area contributed by atoms with Crippen LogP contribution >= 0.6 is 11.3 Å². The SMILES string of the molecule is CCCOc1c(OC)cccc1C1C(C(=O)OCC)=C(c2ccccc2)N=c2s/c(=C/c3ccc(O)c(OC)c3)c(=O)n21. The molecule has 1 unspecified atom stereocenters. The third-order valence-corrected chi connectivity index (χ3v) is 7.83. The summed E-state index contributed by atoms with van der Waals surface area (Å²) in [6.45, 7) is 4.27. The maximum atomic E-state index is 14.2. The lowest BCUT2D eigenvalue weighted by atomic mass is 9.92. The van der Waals surface area contributed by atoms with Gasteiger partial charge in [0.15, 0.2) is 27.8 Å². The first-order valence-electron chi connectivity index (χ1n) is 13.9. The molecule has 0 saturated heterocycles. The van der Waals surface area contributed by atoms with Crippen molar-refractivity contribution in [1.82, 2.24) is 4.57 Å². The largest absolute Gasteiger partial charge is 0.504 e. The number of aromatic hydroxyl groups is 1. The van der Waals surface area contributed by atoms with Crippen molar-refractivity contribution in [3.05, 3.63) is 109 Å². The summed E-state index contributed by atoms with van der Waals surface area (Å²) in [5.41, 5.74) is 2.20. The van der Waals surface area contributed by atoms with E-state index in [1.807, 2.05) is 43.3 Å². The maximum absolute atomic E-state index is 14.2. The lowest BCUT2D eigenvalue weighted by molar-refractivity contribution is -0.138. The van der Waals surface area contributed by atoms with Gasteiger partial charge >= 0.3 is 5.97 Å². The van der Waals surface area contributed by atoms with Crippen LogP contribution in [0.3, 0.4) is 0 Å². The topological polar surface area (TPSA) is 109 Å². The summed E-state index contributed by atoms with van der Waals surface area (Å²) < 4.78 is 24.6. The van der Waals surface area contributed by atoms with Gasteiger partial charge in [0.2, 0.25) is 0 Å². The van der Waals surface area contributed by atoms with Crippen molar-refractivity contribution in [2.24, 2.45) is 4.99 Å². The van der Waals surface area contributed by atoms with Crippen LogP contribution in [-0.2, 0) is 9.53 Å². The van der Waals surface area contributed by atoms with Crippen LogP contribution in [0.4, 0.5) is 0 Å². The maximum Gasteiger partial charge on any atom is 0.338 e. The quantitative estimate of drug-likeness (QED) is 0.268. The Morgan fingerprint density at radius 2 is 1.79 bits per heavy atom. The van der Waals surface area contributed by atoms with E-state index >= 15 is 0 Å². The monoisotopic (exact) mass is 600 g/mol. The number of benzene rings is 3. The van der Waals surface area contributed by atoms with Gasteiger partial charge in [-0.15, -0.1) is 0 Å². The molecule has 5 rings (SSSR count). The first-order chi connectivity index (χ1) is 20.9. The Labute approximate surface area is 252 Å². The van der Waals surface area contributed by atoms with E-state index in [0.29, 0.717) is 49.8 Å². The third-order valence-electron chi connectivity index (χ3n) is 6.85. The van der Waals surface area contributed by atoms with Gasteiger partial charge in [0, 0.05) is 11.1 Å². The summed E-state index contributed by atoms with van der Waals surface area (Å²) >= 11 is 1.20. The second-order valence-electron chi connectivity index (χ2n) is 9.59. The molecule has 10 heteroatoms. The molecule has 0 aliphatic carbocycles. The molecular weight excluding hydrogens is 568 g/mol. The van der Waals surface area contributed by atoms with Crippen LogP contribution in [0.25, 0.3) is 11.8 Å². The summed E-state index contributed by atoms with van der Waals surface area (Å²) in [5.74, 6) is 0.600. The molecule has 0 radical (unpaired) electrons. The summed E-state index contributed by atoms with van der Waals surface area (Å²) in [4.78, 5) is 33.3. The molecule has 0 spiro atoms. The third kappa shape index (κ3) is 5.78. The molecule has 0 saturated carbocycles. The lowest BCUT2D eigenvalue weighted by Gasteiger charge is -2.27. The number of aromatic nitrogens is 1. The fourth-order valence-electron chi connectivity index (χ4n) is 4.94. The standard InChI is InChI=1S/C33H32N2O7S/c1-5-17-42-30-22(13-10-14-24(30)39-3)29-27(32(38)41-6-2)28(21-11-8-7-9-12-21)34-33-35(29)31(37)26(43-33)19-20-15-16-23(36)25(18-20)40-4/h7-16,18-19,29,36H,5-6,17H2,1-4H3/b26-19+. The zero-order valence-electron chi connectivity index (χ0n) is 24.3. The van der Waals surface area contributed by atoms with Gasteiger partial charge in [-0.3, -0.25) is 9.36 Å². The van der Waals surface area contributed by atoms with E-state index in [0.717, 1.165) is 6.42 Å². The van der Waals surface area contributed by atoms with Crippen LogP contribution in [0, 0.1) is 0 Å². The van der Waals surface area contributed by atoms with E-state index in [9.17, 15) is 14.7 Å². The van der Waals surface area contributed by atoms with Crippen LogP contribution in [0.15, 0.2) is 82.1 Å². The van der Waals surface area contributed by atoms with E-state index in [1.54, 1.807) is 44.4 Å². The van der Waals surface area contributed by atoms with Gasteiger partial charge < -0.3 is 24.1 Å². The zero-order chi connectivity index (χ0) is 30.5. The van der Waals surface area contributed by atoms with Gasteiger partial charge in [-0.05, 0) is 43.2 Å². The van der Waals surface area contributed by atoms with Crippen LogP contribution in [-0.4, -0.2) is 43.1 Å². The smallest absolute Gasteiger partial charge is 0.338 e. The summed E-state index contributed by atoms with van der Waals surface area (Å²) in [5, 5.41) is 10.1. The van der Waals surface area contributed by atoms with Gasteiger partial charge in [0.05, 0.1) is 43.2 Å². The summed E-state index contributed by atoms with van der Waals surface area (Å²) in [6, 6.07) is 18.7. The van der Waals surface area contributed by atoms with E-state index in [2.05, 4.69) is 0 Å². The second-order valence-corrected chi connectivity index (χ2v) is 10.6. The van der Waals surface area contributed by atoms with Crippen LogP contribution < -0.4 is 29.1 Å². The number of phenolic OH excluding ortho intramolecular Hbond substituents is 1. The average Bonchev–Trinajstić information content (AvgIpc) is 3.34. The van der Waals surface area contributed by atoms with Crippen molar-refractivity contribution in [2.45, 2.75) is 26.3 Å². The highest BCUT2D eigenvalue weighted by Gasteiger charge is 2.37. The molecule has 1 atom stereocenters. The highest BCUT2D eigenvalue weighted by atomic mass is 32.1. The van der Waals surface area contributed by atoms with Crippen molar-refractivity contribution in [1.29, 1.82) is 0 Å². The molecule has 0 bridgehead atoms. The molecule has 3 aromatic carbocycles. The van der Waals surface area contributed by atoms with Crippen molar-refractivity contribution < 1.29 is 28.8 Å². The van der Waals surface area contributed by atoms with Crippen LogP contribution in [0.5, 0.6) is 23.0 Å². The van der Waals surface area contributed by atoms with E-state index in [4.69, 9.17) is 23.9 Å². The number of ether oxygens (including phenoxy) is 4. The second kappa shape index (κ2) is 13.0. The number of methoxy groups -OCH3 is 2. The number of thiazole rings is 1. The molecule has 2 heterocycles. The van der Waals surface area contributed by atoms with Crippen molar-refractivity contribution in [3.8, 4) is 23.0 Å². The normalized spacial score (nSPS) is 14.6. The van der Waals surface area contributed by atoms with Crippen LogP contribution in [0.2, 0.25) is 0 Å². The van der Waals surface area contributed by atoms with Gasteiger partial charge in [-0.1, -0.05) is 66.8 Å². The summed E-state index contributed by atoms with van der Waals surface area (Å²) in [6.07, 6.45) is 2.45. The number of esters is 1. The first-order valence-corrected chi connectivity index (χ1v) is 14.7. The predicted octanol–water partition coefficient (Wildman–Crippen LogP) is 4.45.